The Balaban J connectivity index is 4.62. The molecule has 0 radical (unpaired) electrons. The molecule has 0 heterocycles. The average Bonchev–Trinajstić information content (AvgIpc) is 2.43. The Morgan fingerprint density at radius 2 is 2.05 bits per heavy atom. The number of rotatable bonds is 11. The number of aliphatic imine (C=N–C) groups is 1. The highest BCUT2D eigenvalue weighted by Crippen LogP contribution is 2.14. The average molecular weight is 328 g/mol. The molecule has 22 heavy (non-hydrogen) atoms. The fourth-order valence-electron chi connectivity index (χ4n) is 1.48. The largest absolute Gasteiger partial charge is 0.462 e. The van der Waals surface area contributed by atoms with Crippen LogP contribution in [0.2, 0.25) is 0 Å². The molecule has 6 nitrogen and oxygen atoms in total. The van der Waals surface area contributed by atoms with Gasteiger partial charge in [-0.2, -0.15) is 0 Å². The van der Waals surface area contributed by atoms with Crippen LogP contribution in [-0.2, 0) is 19.1 Å². The van der Waals surface area contributed by atoms with Gasteiger partial charge in [0.25, 0.3) is 0 Å². The van der Waals surface area contributed by atoms with Gasteiger partial charge in [-0.25, -0.2) is 4.79 Å². The number of hydrogen-bond donors (Lipinski definition) is 1. The van der Waals surface area contributed by atoms with Crippen LogP contribution in [0.25, 0.3) is 0 Å². The Labute approximate surface area is 135 Å². The predicted molar refractivity (Wildman–Crippen MR) is 89.1 cm³/mol. The number of carbonyl (C=O) groups excluding carboxylic acids is 3. The number of amides is 1. The number of hydrogen-bond acceptors (Lipinski definition) is 6. The first-order valence-electron chi connectivity index (χ1n) is 7.09. The highest BCUT2D eigenvalue weighted by atomic mass is 32.2. The first-order chi connectivity index (χ1) is 10.4. The van der Waals surface area contributed by atoms with E-state index in [2.05, 4.69) is 23.6 Å². The van der Waals surface area contributed by atoms with Gasteiger partial charge in [-0.3, -0.25) is 14.6 Å². The second-order valence-electron chi connectivity index (χ2n) is 4.80. The van der Waals surface area contributed by atoms with Gasteiger partial charge in [0.15, 0.2) is 5.12 Å². The highest BCUT2D eigenvalue weighted by molar-refractivity contribution is 8.14. The molecule has 0 aromatic heterocycles. The van der Waals surface area contributed by atoms with Crippen molar-refractivity contribution in [1.29, 1.82) is 0 Å². The lowest BCUT2D eigenvalue weighted by Crippen LogP contribution is -2.43. The van der Waals surface area contributed by atoms with Crippen LogP contribution in [0, 0.1) is 0 Å². The van der Waals surface area contributed by atoms with E-state index >= 15 is 0 Å². The van der Waals surface area contributed by atoms with Gasteiger partial charge in [-0.05, 0) is 13.1 Å². The zero-order valence-corrected chi connectivity index (χ0v) is 14.0. The molecule has 0 aromatic carbocycles. The predicted octanol–water partition coefficient (Wildman–Crippen LogP) is 1.74. The minimum Gasteiger partial charge on any atom is -0.462 e. The third-order valence-corrected chi connectivity index (χ3v) is 3.33. The molecule has 124 valence electrons. The number of thioether (sulfide) groups is 1. The third-order valence-electron chi connectivity index (χ3n) is 2.43. The number of nitrogens with one attached hydrogen (secondary N) is 1. The molecule has 1 amide bonds. The summed E-state index contributed by atoms with van der Waals surface area (Å²) in [5, 5.41) is 2.49. The van der Waals surface area contributed by atoms with Crippen molar-refractivity contribution in [1.82, 2.24) is 5.32 Å². The second kappa shape index (κ2) is 12.0. The van der Waals surface area contributed by atoms with Crippen LogP contribution in [0.4, 0.5) is 0 Å². The summed E-state index contributed by atoms with van der Waals surface area (Å²) in [6.07, 6.45) is 2.24. The molecule has 0 fully saturated rings. The van der Waals surface area contributed by atoms with E-state index in [1.54, 1.807) is 6.08 Å². The van der Waals surface area contributed by atoms with Crippen molar-refractivity contribution in [2.24, 2.45) is 4.99 Å². The van der Waals surface area contributed by atoms with E-state index in [1.165, 1.54) is 0 Å². The summed E-state index contributed by atoms with van der Waals surface area (Å²) in [4.78, 5) is 39.1. The Hall–Kier alpha value is -1.63. The van der Waals surface area contributed by atoms with E-state index < -0.39 is 12.0 Å². The van der Waals surface area contributed by atoms with Gasteiger partial charge in [-0.15, -0.1) is 6.58 Å². The van der Waals surface area contributed by atoms with Gasteiger partial charge in [-0.1, -0.05) is 31.7 Å². The minimum atomic E-state index is -0.971. The lowest BCUT2D eigenvalue weighted by atomic mass is 10.2. The fraction of sp³-hybridized carbons (Fsp3) is 0.600. The molecule has 0 aliphatic carbocycles. The normalized spacial score (nSPS) is 11.6. The summed E-state index contributed by atoms with van der Waals surface area (Å²) in [5.74, 6) is -0.945. The molecule has 0 saturated heterocycles. The highest BCUT2D eigenvalue weighted by Gasteiger charge is 2.25. The monoisotopic (exact) mass is 328 g/mol. The van der Waals surface area contributed by atoms with Crippen molar-refractivity contribution in [3.8, 4) is 0 Å². The number of ether oxygens (including phenoxy) is 1. The van der Waals surface area contributed by atoms with Crippen LogP contribution < -0.4 is 5.32 Å². The molecule has 1 N–H and O–H groups in total. The number of allylic oxidation sites excluding steroid dienone is 1. The van der Waals surface area contributed by atoms with Crippen molar-refractivity contribution in [2.75, 3.05) is 13.2 Å². The second-order valence-corrected chi connectivity index (χ2v) is 6.44. The van der Waals surface area contributed by atoms with E-state index in [4.69, 9.17) is 4.74 Å². The maximum absolute atomic E-state index is 12.0. The fourth-order valence-corrected chi connectivity index (χ4v) is 2.27. The van der Waals surface area contributed by atoms with Gasteiger partial charge in [0, 0.05) is 18.1 Å². The molecule has 0 saturated carbocycles. The number of esters is 1. The molecule has 7 heteroatoms. The number of nitrogens with zero attached hydrogens (tertiary/aromatic N) is 1. The first kappa shape index (κ1) is 20.4. The smallest absolute Gasteiger partial charge is 0.329 e. The maximum Gasteiger partial charge on any atom is 0.329 e. The van der Waals surface area contributed by atoms with Crippen LogP contribution in [0.1, 0.15) is 33.1 Å². The van der Waals surface area contributed by atoms with Gasteiger partial charge in [0.2, 0.25) is 5.91 Å². The summed E-state index contributed by atoms with van der Waals surface area (Å²) in [6.45, 7) is 10.9. The summed E-state index contributed by atoms with van der Waals surface area (Å²) < 4.78 is 4.99. The van der Waals surface area contributed by atoms with Crippen LogP contribution >= 0.6 is 11.8 Å². The lowest BCUT2D eigenvalue weighted by molar-refractivity contribution is -0.148. The Bertz CT molecular complexity index is 410. The minimum absolute atomic E-state index is 0.0763. The molecule has 0 aromatic rings. The lowest BCUT2D eigenvalue weighted by Gasteiger charge is -2.17. The standard InChI is InChI=1S/C15H24N2O4S/c1-5-6-7-13(18)17-12(10-14(19)22-11(2)3)15(20)21-9-8-16-4/h5,11-12H,1,4,6-10H2,2-3H3,(H,17,18)/t12-/m0/s1. The van der Waals surface area contributed by atoms with Gasteiger partial charge in [0.05, 0.1) is 6.54 Å². The Kier molecular flexibility index (Phi) is 11.1. The zero-order chi connectivity index (χ0) is 17.0. The van der Waals surface area contributed by atoms with Gasteiger partial charge >= 0.3 is 5.97 Å². The van der Waals surface area contributed by atoms with E-state index in [1.807, 2.05) is 13.8 Å². The topological polar surface area (TPSA) is 84.8 Å². The zero-order valence-electron chi connectivity index (χ0n) is 13.2. The van der Waals surface area contributed by atoms with Crippen LogP contribution in [-0.4, -0.2) is 48.2 Å². The van der Waals surface area contributed by atoms with E-state index in [-0.39, 0.29) is 42.3 Å². The molecule has 1 atom stereocenters. The summed E-state index contributed by atoms with van der Waals surface area (Å²) in [6, 6.07) is -0.971. The van der Waals surface area contributed by atoms with Gasteiger partial charge in [0.1, 0.15) is 12.6 Å². The molecule has 0 bridgehead atoms. The maximum atomic E-state index is 12.0. The number of carbonyl (C=O) groups is 3. The molecule has 0 spiro atoms. The van der Waals surface area contributed by atoms with Crippen molar-refractivity contribution in [3.05, 3.63) is 12.7 Å². The molecule has 0 aliphatic rings. The van der Waals surface area contributed by atoms with E-state index in [0.717, 1.165) is 11.8 Å². The van der Waals surface area contributed by atoms with Crippen molar-refractivity contribution in [3.63, 3.8) is 0 Å². The Morgan fingerprint density at radius 3 is 2.59 bits per heavy atom. The van der Waals surface area contributed by atoms with Crippen LogP contribution in [0.15, 0.2) is 17.6 Å². The molecular weight excluding hydrogens is 304 g/mol. The molecule has 0 unspecified atom stereocenters. The van der Waals surface area contributed by atoms with Gasteiger partial charge < -0.3 is 10.1 Å². The summed E-state index contributed by atoms with van der Waals surface area (Å²) in [7, 11) is 0. The van der Waals surface area contributed by atoms with Crippen LogP contribution in [0.3, 0.4) is 0 Å². The van der Waals surface area contributed by atoms with E-state index in [0.29, 0.717) is 6.42 Å². The van der Waals surface area contributed by atoms with Crippen molar-refractivity contribution in [2.45, 2.75) is 44.4 Å². The van der Waals surface area contributed by atoms with E-state index in [9.17, 15) is 14.4 Å². The molecular formula is C15H24N2O4S. The SMILES string of the molecule is C=CCCC(=O)N[C@@H](CC(=O)SC(C)C)C(=O)OCCN=C. The van der Waals surface area contributed by atoms with Crippen LogP contribution in [0.5, 0.6) is 0 Å². The quantitative estimate of drug-likeness (QED) is 0.270. The third kappa shape index (κ3) is 10.1. The molecule has 0 aliphatic heterocycles. The summed E-state index contributed by atoms with van der Waals surface area (Å²) >= 11 is 1.13. The Morgan fingerprint density at radius 1 is 1.36 bits per heavy atom. The molecule has 0 rings (SSSR count). The van der Waals surface area contributed by atoms with Crippen molar-refractivity contribution >= 4 is 35.5 Å². The first-order valence-corrected chi connectivity index (χ1v) is 7.97. The summed E-state index contributed by atoms with van der Waals surface area (Å²) in [5.41, 5.74) is 0. The van der Waals surface area contributed by atoms with Crippen molar-refractivity contribution < 1.29 is 19.1 Å².